The molecule has 0 radical (unpaired) electrons. The standard InChI is InChI=1S/Ca.K.H2O3S.3H/c;;1-4(2)3;;;/h;;(H2,1,2,3);;;. The summed E-state index contributed by atoms with van der Waals surface area (Å²) in [7, 11) is 0. The van der Waals surface area contributed by atoms with E-state index >= 15 is 0 Å². The van der Waals surface area contributed by atoms with E-state index in [1.807, 2.05) is 0 Å². The molecule has 0 amide bonds. The van der Waals surface area contributed by atoms with Crippen molar-refractivity contribution in [1.82, 2.24) is 0 Å². The summed E-state index contributed by atoms with van der Waals surface area (Å²) in [6.07, 6.45) is 0. The van der Waals surface area contributed by atoms with Crippen LogP contribution in [-0.2, 0) is 11.4 Å². The molecule has 6 heteroatoms. The van der Waals surface area contributed by atoms with Crippen LogP contribution in [0.15, 0.2) is 0 Å². The van der Waals surface area contributed by atoms with Crippen molar-refractivity contribution in [2.24, 2.45) is 0 Å². The van der Waals surface area contributed by atoms with E-state index in [-0.39, 0.29) is 89.1 Å². The van der Waals surface area contributed by atoms with Crippen molar-refractivity contribution in [3.05, 3.63) is 0 Å². The van der Waals surface area contributed by atoms with Gasteiger partial charge in [0.1, 0.15) is 0 Å². The minimum absolute atomic E-state index is 0. The number of rotatable bonds is 0. The van der Waals surface area contributed by atoms with E-state index in [0.717, 1.165) is 0 Å². The van der Waals surface area contributed by atoms with Gasteiger partial charge in [-0.05, 0) is 0 Å². The molecule has 0 atom stereocenters. The molecular formula is H5CaKO3S. The van der Waals surface area contributed by atoms with Gasteiger partial charge in [0.15, 0.2) is 0 Å². The summed E-state index contributed by atoms with van der Waals surface area (Å²) in [5.41, 5.74) is 0. The third-order valence-electron chi connectivity index (χ3n) is 0. The summed E-state index contributed by atoms with van der Waals surface area (Å²) in [6.45, 7) is 0. The quantitative estimate of drug-likeness (QED) is 0.325. The second kappa shape index (κ2) is 10.9. The zero-order valence-corrected chi connectivity index (χ0v) is 2.53. The fraction of sp³-hybridized carbons (Fsp3) is 0. The molecule has 0 aromatic carbocycles. The summed E-state index contributed by atoms with van der Waals surface area (Å²) < 4.78 is 22.8. The average molecular weight is 164 g/mol. The predicted octanol–water partition coefficient (Wildman–Crippen LogP) is -1.88. The fourth-order valence-corrected chi connectivity index (χ4v) is 0. The molecule has 0 saturated carbocycles. The second-order valence-corrected chi connectivity index (χ2v) is 0.692. The van der Waals surface area contributed by atoms with Crippen LogP contribution in [0.25, 0.3) is 0 Å². The van der Waals surface area contributed by atoms with Crippen LogP contribution in [-0.4, -0.2) is 102 Å². The van der Waals surface area contributed by atoms with Crippen LogP contribution in [0.4, 0.5) is 0 Å². The first-order chi connectivity index (χ1) is 1.73. The monoisotopic (exact) mass is 164 g/mol. The summed E-state index contributed by atoms with van der Waals surface area (Å²) in [6, 6.07) is 0. The Labute approximate surface area is 111 Å². The molecule has 32 valence electrons. The Hall–Kier alpha value is 2.97. The Morgan fingerprint density at radius 2 is 1.33 bits per heavy atom. The molecule has 0 aliphatic rings. The molecule has 0 aliphatic carbocycles. The molecule has 0 aromatic heterocycles. The van der Waals surface area contributed by atoms with Crippen molar-refractivity contribution >= 4 is 100 Å². The molecular weight excluding hydrogens is 159 g/mol. The molecule has 0 heterocycles. The van der Waals surface area contributed by atoms with Crippen molar-refractivity contribution in [1.29, 1.82) is 0 Å². The van der Waals surface area contributed by atoms with E-state index in [9.17, 15) is 0 Å². The molecule has 0 saturated heterocycles. The van der Waals surface area contributed by atoms with E-state index in [1.54, 1.807) is 0 Å². The molecule has 3 nitrogen and oxygen atoms in total. The third kappa shape index (κ3) is 28.2. The SMILES string of the molecule is O=S(O)O.[CaH2].[KH]. The first-order valence-corrected chi connectivity index (χ1v) is 1.60. The Balaban J connectivity index is -0.0000000450. The van der Waals surface area contributed by atoms with Gasteiger partial charge in [-0.2, -0.15) is 4.21 Å². The molecule has 0 bridgehead atoms. The maximum atomic E-state index is 8.67. The summed E-state index contributed by atoms with van der Waals surface area (Å²) in [5.74, 6) is 0. The van der Waals surface area contributed by atoms with E-state index in [1.165, 1.54) is 0 Å². The average Bonchev–Trinajstić information content (AvgIpc) is 0.811. The van der Waals surface area contributed by atoms with Gasteiger partial charge in [0.05, 0.1) is 0 Å². The molecule has 0 spiro atoms. The van der Waals surface area contributed by atoms with Gasteiger partial charge in [0, 0.05) is 0 Å². The molecule has 6 heavy (non-hydrogen) atoms. The summed E-state index contributed by atoms with van der Waals surface area (Å²) >= 11 is -2.61. The van der Waals surface area contributed by atoms with E-state index in [4.69, 9.17) is 13.3 Å². The predicted molar refractivity (Wildman–Crippen MR) is 29.1 cm³/mol. The van der Waals surface area contributed by atoms with Crippen molar-refractivity contribution in [2.45, 2.75) is 0 Å². The van der Waals surface area contributed by atoms with Crippen LogP contribution >= 0.6 is 0 Å². The van der Waals surface area contributed by atoms with Gasteiger partial charge in [-0.15, -0.1) is 0 Å². The van der Waals surface area contributed by atoms with Gasteiger partial charge in [-0.1, -0.05) is 0 Å². The maximum absolute atomic E-state index is 8.67. The second-order valence-electron chi connectivity index (χ2n) is 0.231. The molecule has 2 N–H and O–H groups in total. The van der Waals surface area contributed by atoms with Crippen LogP contribution in [0, 0.1) is 0 Å². The first-order valence-electron chi connectivity index (χ1n) is 0.532. The molecule has 0 aliphatic heterocycles. The molecule has 0 fully saturated rings. The van der Waals surface area contributed by atoms with Gasteiger partial charge < -0.3 is 0 Å². The van der Waals surface area contributed by atoms with Gasteiger partial charge in [0.25, 0.3) is 11.4 Å². The van der Waals surface area contributed by atoms with E-state index in [2.05, 4.69) is 0 Å². The van der Waals surface area contributed by atoms with Crippen molar-refractivity contribution in [3.8, 4) is 0 Å². The summed E-state index contributed by atoms with van der Waals surface area (Å²) in [4.78, 5) is 0. The Morgan fingerprint density at radius 1 is 1.33 bits per heavy atom. The normalized spacial score (nSPS) is 5.83. The zero-order valence-electron chi connectivity index (χ0n) is 1.71. The van der Waals surface area contributed by atoms with Crippen molar-refractivity contribution in [3.63, 3.8) is 0 Å². The van der Waals surface area contributed by atoms with Gasteiger partial charge in [-0.25, -0.2) is 0 Å². The van der Waals surface area contributed by atoms with Gasteiger partial charge in [-0.3, -0.25) is 9.11 Å². The Bertz CT molecular complexity index is 33.8. The summed E-state index contributed by atoms with van der Waals surface area (Å²) in [5, 5.41) is 0. The molecule has 0 aromatic rings. The number of hydrogen-bond acceptors (Lipinski definition) is 1. The van der Waals surface area contributed by atoms with Crippen molar-refractivity contribution in [2.75, 3.05) is 0 Å². The molecule has 0 unspecified atom stereocenters. The van der Waals surface area contributed by atoms with Crippen molar-refractivity contribution < 1.29 is 13.3 Å². The minimum atomic E-state index is -2.61. The van der Waals surface area contributed by atoms with E-state index < -0.39 is 11.4 Å². The van der Waals surface area contributed by atoms with Crippen LogP contribution in [0.5, 0.6) is 0 Å². The topological polar surface area (TPSA) is 57.5 Å². The van der Waals surface area contributed by atoms with Crippen LogP contribution in [0.3, 0.4) is 0 Å². The first kappa shape index (κ1) is 16.0. The van der Waals surface area contributed by atoms with Crippen LogP contribution in [0.1, 0.15) is 0 Å². The Kier molecular flexibility index (Phi) is 28.9. The zero-order chi connectivity index (χ0) is 3.58. The van der Waals surface area contributed by atoms with Gasteiger partial charge in [0.2, 0.25) is 0 Å². The fourth-order valence-electron chi connectivity index (χ4n) is 0. The third-order valence-corrected chi connectivity index (χ3v) is 0. The van der Waals surface area contributed by atoms with Gasteiger partial charge >= 0.3 is 89.1 Å². The van der Waals surface area contributed by atoms with E-state index in [0.29, 0.717) is 0 Å². The van der Waals surface area contributed by atoms with Crippen LogP contribution in [0.2, 0.25) is 0 Å². The Morgan fingerprint density at radius 3 is 1.33 bits per heavy atom. The molecule has 0 rings (SSSR count). The van der Waals surface area contributed by atoms with Crippen LogP contribution < -0.4 is 0 Å². The number of hydrogen-bond donors (Lipinski definition) is 2.